The third kappa shape index (κ3) is 3.84. The van der Waals surface area contributed by atoms with Gasteiger partial charge in [-0.05, 0) is 38.3 Å². The maximum absolute atomic E-state index is 4.66. The highest BCUT2D eigenvalue weighted by molar-refractivity contribution is 5.04. The molecule has 0 spiro atoms. The fourth-order valence-electron chi connectivity index (χ4n) is 2.10. The van der Waals surface area contributed by atoms with Crippen molar-refractivity contribution in [3.63, 3.8) is 0 Å². The average molecular weight is 251 g/mol. The lowest BCUT2D eigenvalue weighted by atomic mass is 9.79. The average Bonchev–Trinajstić information content (AvgIpc) is 2.77. The number of hydrogen-bond donors (Lipinski definition) is 1. The van der Waals surface area contributed by atoms with Gasteiger partial charge in [0.2, 0.25) is 0 Å². The van der Waals surface area contributed by atoms with Crippen molar-refractivity contribution in [3.05, 3.63) is 18.0 Å². The molecule has 0 aliphatic carbocycles. The monoisotopic (exact) mass is 251 g/mol. The van der Waals surface area contributed by atoms with E-state index in [4.69, 9.17) is 0 Å². The van der Waals surface area contributed by atoms with E-state index in [9.17, 15) is 0 Å². The largest absolute Gasteiger partial charge is 0.313 e. The minimum Gasteiger partial charge on any atom is -0.313 e. The minimum absolute atomic E-state index is 0.303. The molecule has 3 heteroatoms. The topological polar surface area (TPSA) is 29.9 Å². The van der Waals surface area contributed by atoms with E-state index in [2.05, 4.69) is 64.2 Å². The van der Waals surface area contributed by atoms with Crippen molar-refractivity contribution < 1.29 is 0 Å². The summed E-state index contributed by atoms with van der Waals surface area (Å²) in [5.41, 5.74) is 1.49. The molecular formula is C15H29N3. The SMILES string of the molecule is CCNC(Cc1ccn(C(C)C)n1)C(C)(C)CC. The van der Waals surface area contributed by atoms with E-state index >= 15 is 0 Å². The molecule has 0 radical (unpaired) electrons. The molecular weight excluding hydrogens is 222 g/mol. The fourth-order valence-corrected chi connectivity index (χ4v) is 2.10. The number of nitrogens with zero attached hydrogens (tertiary/aromatic N) is 2. The van der Waals surface area contributed by atoms with Crippen molar-refractivity contribution >= 4 is 0 Å². The molecule has 0 bridgehead atoms. The second kappa shape index (κ2) is 6.37. The lowest BCUT2D eigenvalue weighted by Gasteiger charge is -2.33. The molecule has 1 aromatic rings. The normalized spacial score (nSPS) is 14.2. The molecule has 0 saturated heterocycles. The van der Waals surface area contributed by atoms with Crippen LogP contribution in [0.3, 0.4) is 0 Å². The predicted octanol–water partition coefficient (Wildman–Crippen LogP) is 3.42. The first-order chi connectivity index (χ1) is 8.40. The first-order valence-electron chi connectivity index (χ1n) is 7.18. The zero-order chi connectivity index (χ0) is 13.8. The highest BCUT2D eigenvalue weighted by atomic mass is 15.3. The molecule has 0 amide bonds. The number of nitrogens with one attached hydrogen (secondary N) is 1. The van der Waals surface area contributed by atoms with Crippen LogP contribution in [-0.4, -0.2) is 22.4 Å². The lowest BCUT2D eigenvalue weighted by molar-refractivity contribution is 0.231. The molecule has 18 heavy (non-hydrogen) atoms. The summed E-state index contributed by atoms with van der Waals surface area (Å²) in [5, 5.41) is 8.27. The van der Waals surface area contributed by atoms with E-state index < -0.39 is 0 Å². The van der Waals surface area contributed by atoms with Crippen LogP contribution in [0.25, 0.3) is 0 Å². The molecule has 0 aliphatic heterocycles. The summed E-state index contributed by atoms with van der Waals surface area (Å²) in [7, 11) is 0. The van der Waals surface area contributed by atoms with E-state index in [0.29, 0.717) is 17.5 Å². The summed E-state index contributed by atoms with van der Waals surface area (Å²) in [6, 6.07) is 3.08. The van der Waals surface area contributed by atoms with Gasteiger partial charge in [-0.3, -0.25) is 4.68 Å². The van der Waals surface area contributed by atoms with Gasteiger partial charge < -0.3 is 5.32 Å². The molecule has 3 nitrogen and oxygen atoms in total. The Morgan fingerprint density at radius 1 is 1.33 bits per heavy atom. The van der Waals surface area contributed by atoms with E-state index in [1.807, 2.05) is 4.68 Å². The maximum atomic E-state index is 4.66. The Morgan fingerprint density at radius 2 is 2.00 bits per heavy atom. The molecule has 1 N–H and O–H groups in total. The van der Waals surface area contributed by atoms with Crippen LogP contribution in [0.2, 0.25) is 0 Å². The van der Waals surface area contributed by atoms with Crippen molar-refractivity contribution in [1.29, 1.82) is 0 Å². The van der Waals surface area contributed by atoms with Crippen LogP contribution in [-0.2, 0) is 6.42 Å². The Balaban J connectivity index is 2.76. The standard InChI is InChI=1S/C15H29N3/c1-7-15(5,6)14(16-8-2)11-13-9-10-18(17-13)12(3)4/h9-10,12,14,16H,7-8,11H2,1-6H3. The second-order valence-corrected chi connectivity index (χ2v) is 6.04. The summed E-state index contributed by atoms with van der Waals surface area (Å²) in [5.74, 6) is 0. The third-order valence-electron chi connectivity index (χ3n) is 3.91. The molecule has 1 aromatic heterocycles. The van der Waals surface area contributed by atoms with Gasteiger partial charge in [0.25, 0.3) is 0 Å². The Morgan fingerprint density at radius 3 is 2.44 bits per heavy atom. The van der Waals surface area contributed by atoms with E-state index in [1.165, 1.54) is 12.1 Å². The van der Waals surface area contributed by atoms with E-state index in [1.54, 1.807) is 0 Å². The summed E-state index contributed by atoms with van der Waals surface area (Å²) in [6.07, 6.45) is 4.27. The first kappa shape index (κ1) is 15.2. The molecule has 0 saturated carbocycles. The van der Waals surface area contributed by atoms with Crippen molar-refractivity contribution in [2.24, 2.45) is 5.41 Å². The van der Waals surface area contributed by atoms with Crippen LogP contribution >= 0.6 is 0 Å². The van der Waals surface area contributed by atoms with Crippen LogP contribution in [0.4, 0.5) is 0 Å². The number of rotatable bonds is 7. The summed E-state index contributed by atoms with van der Waals surface area (Å²) in [4.78, 5) is 0. The summed E-state index contributed by atoms with van der Waals surface area (Å²) < 4.78 is 2.04. The highest BCUT2D eigenvalue weighted by Gasteiger charge is 2.27. The van der Waals surface area contributed by atoms with E-state index in [0.717, 1.165) is 13.0 Å². The van der Waals surface area contributed by atoms with Crippen molar-refractivity contribution in [2.45, 2.75) is 66.5 Å². The smallest absolute Gasteiger partial charge is 0.0640 e. The maximum Gasteiger partial charge on any atom is 0.0640 e. The zero-order valence-corrected chi connectivity index (χ0v) is 12.8. The molecule has 0 fully saturated rings. The summed E-state index contributed by atoms with van der Waals surface area (Å²) >= 11 is 0. The Kier molecular flexibility index (Phi) is 5.39. The number of likely N-dealkylation sites (N-methyl/N-ethyl adjacent to an activating group) is 1. The van der Waals surface area contributed by atoms with Crippen molar-refractivity contribution in [1.82, 2.24) is 15.1 Å². The first-order valence-corrected chi connectivity index (χ1v) is 7.18. The molecule has 1 unspecified atom stereocenters. The fraction of sp³-hybridized carbons (Fsp3) is 0.800. The zero-order valence-electron chi connectivity index (χ0n) is 12.8. The number of aromatic nitrogens is 2. The molecule has 1 heterocycles. The predicted molar refractivity (Wildman–Crippen MR) is 77.9 cm³/mol. The van der Waals surface area contributed by atoms with Gasteiger partial charge in [0.05, 0.1) is 5.69 Å². The van der Waals surface area contributed by atoms with E-state index in [-0.39, 0.29) is 0 Å². The van der Waals surface area contributed by atoms with Gasteiger partial charge in [0.15, 0.2) is 0 Å². The van der Waals surface area contributed by atoms with Crippen LogP contribution in [0, 0.1) is 5.41 Å². The quantitative estimate of drug-likeness (QED) is 0.804. The van der Waals surface area contributed by atoms with Gasteiger partial charge in [-0.1, -0.05) is 27.7 Å². The highest BCUT2D eigenvalue weighted by Crippen LogP contribution is 2.27. The molecule has 1 atom stereocenters. The van der Waals surface area contributed by atoms with Crippen LogP contribution in [0.15, 0.2) is 12.3 Å². The van der Waals surface area contributed by atoms with Gasteiger partial charge in [0.1, 0.15) is 0 Å². The Hall–Kier alpha value is -0.830. The van der Waals surface area contributed by atoms with Gasteiger partial charge >= 0.3 is 0 Å². The van der Waals surface area contributed by atoms with Gasteiger partial charge in [-0.2, -0.15) is 5.10 Å². The Bertz CT molecular complexity index is 352. The van der Waals surface area contributed by atoms with Gasteiger partial charge in [-0.15, -0.1) is 0 Å². The minimum atomic E-state index is 0.303. The van der Waals surface area contributed by atoms with Crippen molar-refractivity contribution in [3.8, 4) is 0 Å². The van der Waals surface area contributed by atoms with Crippen LogP contribution in [0.1, 0.15) is 59.7 Å². The second-order valence-electron chi connectivity index (χ2n) is 6.04. The number of hydrogen-bond acceptors (Lipinski definition) is 2. The van der Waals surface area contributed by atoms with Gasteiger partial charge in [-0.25, -0.2) is 0 Å². The molecule has 1 rings (SSSR count). The summed E-state index contributed by atoms with van der Waals surface area (Å²) in [6.45, 7) is 14.4. The molecule has 0 aliphatic rings. The van der Waals surface area contributed by atoms with Gasteiger partial charge in [0, 0.05) is 24.7 Å². The molecule has 104 valence electrons. The van der Waals surface area contributed by atoms with Crippen molar-refractivity contribution in [2.75, 3.05) is 6.54 Å². The third-order valence-corrected chi connectivity index (χ3v) is 3.91. The Labute approximate surface area is 112 Å². The van der Waals surface area contributed by atoms with Crippen LogP contribution in [0.5, 0.6) is 0 Å². The lowest BCUT2D eigenvalue weighted by Crippen LogP contribution is -2.43. The molecule has 0 aromatic carbocycles. The van der Waals surface area contributed by atoms with Crippen LogP contribution < -0.4 is 5.32 Å².